The van der Waals surface area contributed by atoms with Gasteiger partial charge in [-0.3, -0.25) is 9.89 Å². The zero-order valence-corrected chi connectivity index (χ0v) is 18.7. The standard InChI is InChI=1S/C23H37N5O2/c1-4-24-22(26-21-11-14-27(15-12-21)23(29)30-5-2)25-16-18(3)28-13-10-19-8-6-7-9-20(19)17-28/h6-9,18,21H,4-5,10-17H2,1-3H3,(H2,24,25,26). The van der Waals surface area contributed by atoms with Crippen LogP contribution in [0, 0.1) is 0 Å². The molecule has 0 bridgehead atoms. The summed E-state index contributed by atoms with van der Waals surface area (Å²) in [4.78, 5) is 21.1. The fraction of sp³-hybridized carbons (Fsp3) is 0.652. The molecular formula is C23H37N5O2. The van der Waals surface area contributed by atoms with Gasteiger partial charge < -0.3 is 20.3 Å². The third-order valence-corrected chi connectivity index (χ3v) is 6.00. The highest BCUT2D eigenvalue weighted by atomic mass is 16.6. The molecule has 1 aromatic carbocycles. The van der Waals surface area contributed by atoms with E-state index in [2.05, 4.69) is 53.6 Å². The first kappa shape index (κ1) is 22.4. The monoisotopic (exact) mass is 415 g/mol. The van der Waals surface area contributed by atoms with Crippen molar-refractivity contribution in [1.29, 1.82) is 0 Å². The van der Waals surface area contributed by atoms with E-state index in [-0.39, 0.29) is 6.09 Å². The Hall–Kier alpha value is -2.28. The van der Waals surface area contributed by atoms with Crippen molar-refractivity contribution in [3.8, 4) is 0 Å². The van der Waals surface area contributed by atoms with Crippen molar-refractivity contribution in [2.45, 2.75) is 58.7 Å². The Morgan fingerprint density at radius 3 is 2.63 bits per heavy atom. The molecule has 2 heterocycles. The fourth-order valence-electron chi connectivity index (χ4n) is 4.17. The van der Waals surface area contributed by atoms with E-state index in [4.69, 9.17) is 9.73 Å². The maximum Gasteiger partial charge on any atom is 0.409 e. The van der Waals surface area contributed by atoms with E-state index < -0.39 is 0 Å². The first-order valence-electron chi connectivity index (χ1n) is 11.4. The molecule has 166 valence electrons. The molecule has 3 rings (SSSR count). The van der Waals surface area contributed by atoms with Gasteiger partial charge in [-0.05, 0) is 51.2 Å². The summed E-state index contributed by atoms with van der Waals surface area (Å²) in [6.45, 7) is 11.7. The van der Waals surface area contributed by atoms with Crippen LogP contribution >= 0.6 is 0 Å². The number of ether oxygens (including phenoxy) is 1. The number of aliphatic imine (C=N–C) groups is 1. The molecule has 1 aromatic rings. The van der Waals surface area contributed by atoms with E-state index in [0.717, 1.165) is 64.5 Å². The molecule has 7 heteroatoms. The van der Waals surface area contributed by atoms with E-state index in [0.29, 0.717) is 18.7 Å². The number of hydrogen-bond acceptors (Lipinski definition) is 4. The molecule has 0 aliphatic carbocycles. The van der Waals surface area contributed by atoms with Crippen molar-refractivity contribution in [2.24, 2.45) is 4.99 Å². The van der Waals surface area contributed by atoms with Crippen LogP contribution in [0.4, 0.5) is 4.79 Å². The number of piperidine rings is 1. The van der Waals surface area contributed by atoms with Crippen molar-refractivity contribution in [1.82, 2.24) is 20.4 Å². The Bertz CT molecular complexity index is 715. The average Bonchev–Trinajstić information content (AvgIpc) is 2.77. The quantitative estimate of drug-likeness (QED) is 0.552. The van der Waals surface area contributed by atoms with Gasteiger partial charge in [0.15, 0.2) is 5.96 Å². The largest absolute Gasteiger partial charge is 0.450 e. The predicted octanol–water partition coefficient (Wildman–Crippen LogP) is 2.61. The highest BCUT2D eigenvalue weighted by Gasteiger charge is 2.24. The Balaban J connectivity index is 1.49. The Kier molecular flexibility index (Phi) is 8.37. The highest BCUT2D eigenvalue weighted by molar-refractivity contribution is 5.80. The first-order chi connectivity index (χ1) is 14.6. The second-order valence-electron chi connectivity index (χ2n) is 8.16. The normalized spacial score (nSPS) is 19.2. The van der Waals surface area contributed by atoms with Gasteiger partial charge in [0, 0.05) is 44.8 Å². The zero-order chi connectivity index (χ0) is 21.3. The van der Waals surface area contributed by atoms with Gasteiger partial charge >= 0.3 is 6.09 Å². The lowest BCUT2D eigenvalue weighted by molar-refractivity contribution is 0.0963. The summed E-state index contributed by atoms with van der Waals surface area (Å²) in [5.74, 6) is 0.872. The lowest BCUT2D eigenvalue weighted by Crippen LogP contribution is -2.50. The van der Waals surface area contributed by atoms with Gasteiger partial charge in [-0.2, -0.15) is 0 Å². The number of rotatable bonds is 6. The summed E-state index contributed by atoms with van der Waals surface area (Å²) in [5.41, 5.74) is 2.92. The van der Waals surface area contributed by atoms with Crippen LogP contribution in [0.3, 0.4) is 0 Å². The fourth-order valence-corrected chi connectivity index (χ4v) is 4.17. The molecule has 2 aliphatic heterocycles. The molecule has 1 amide bonds. The summed E-state index contributed by atoms with van der Waals surface area (Å²) in [6.07, 6.45) is 2.72. The number of guanidine groups is 1. The summed E-state index contributed by atoms with van der Waals surface area (Å²) in [7, 11) is 0. The minimum atomic E-state index is -0.201. The number of fused-ring (bicyclic) bond motifs is 1. The van der Waals surface area contributed by atoms with Crippen molar-refractivity contribution in [3.05, 3.63) is 35.4 Å². The van der Waals surface area contributed by atoms with Crippen LogP contribution in [-0.4, -0.2) is 73.3 Å². The Morgan fingerprint density at radius 2 is 1.93 bits per heavy atom. The predicted molar refractivity (Wildman–Crippen MR) is 121 cm³/mol. The van der Waals surface area contributed by atoms with E-state index in [9.17, 15) is 4.79 Å². The smallest absolute Gasteiger partial charge is 0.409 e. The second kappa shape index (κ2) is 11.2. The molecule has 0 aromatic heterocycles. The topological polar surface area (TPSA) is 69.2 Å². The Morgan fingerprint density at radius 1 is 1.20 bits per heavy atom. The molecule has 2 aliphatic rings. The van der Waals surface area contributed by atoms with Crippen molar-refractivity contribution < 1.29 is 9.53 Å². The Labute approximate surface area is 180 Å². The molecule has 1 saturated heterocycles. The SMILES string of the molecule is CCNC(=NCC(C)N1CCc2ccccc2C1)NC1CCN(C(=O)OCC)CC1. The van der Waals surface area contributed by atoms with Gasteiger partial charge in [0.2, 0.25) is 0 Å². The number of nitrogens with one attached hydrogen (secondary N) is 2. The number of hydrogen-bond donors (Lipinski definition) is 2. The van der Waals surface area contributed by atoms with Crippen LogP contribution in [0.25, 0.3) is 0 Å². The van der Waals surface area contributed by atoms with E-state index in [1.54, 1.807) is 4.90 Å². The molecule has 0 radical (unpaired) electrons. The summed E-state index contributed by atoms with van der Waals surface area (Å²) in [6, 6.07) is 9.46. The molecule has 2 N–H and O–H groups in total. The summed E-state index contributed by atoms with van der Waals surface area (Å²) in [5, 5.41) is 6.94. The van der Waals surface area contributed by atoms with E-state index >= 15 is 0 Å². The molecule has 0 spiro atoms. The number of carbonyl (C=O) groups is 1. The molecule has 1 fully saturated rings. The van der Waals surface area contributed by atoms with Gasteiger partial charge in [-0.25, -0.2) is 4.79 Å². The van der Waals surface area contributed by atoms with Gasteiger partial charge in [-0.15, -0.1) is 0 Å². The average molecular weight is 416 g/mol. The summed E-state index contributed by atoms with van der Waals surface area (Å²) >= 11 is 0. The van der Waals surface area contributed by atoms with Gasteiger partial charge in [0.1, 0.15) is 0 Å². The second-order valence-corrected chi connectivity index (χ2v) is 8.16. The van der Waals surface area contributed by atoms with Crippen LogP contribution in [0.5, 0.6) is 0 Å². The zero-order valence-electron chi connectivity index (χ0n) is 18.7. The summed E-state index contributed by atoms with van der Waals surface area (Å²) < 4.78 is 5.11. The van der Waals surface area contributed by atoms with Crippen molar-refractivity contribution in [3.63, 3.8) is 0 Å². The number of amides is 1. The number of nitrogens with zero attached hydrogens (tertiary/aromatic N) is 3. The molecular weight excluding hydrogens is 378 g/mol. The highest BCUT2D eigenvalue weighted by Crippen LogP contribution is 2.20. The van der Waals surface area contributed by atoms with Gasteiger partial charge in [-0.1, -0.05) is 24.3 Å². The van der Waals surface area contributed by atoms with Gasteiger partial charge in [0.05, 0.1) is 13.2 Å². The minimum absolute atomic E-state index is 0.201. The van der Waals surface area contributed by atoms with Crippen LogP contribution in [0.2, 0.25) is 0 Å². The number of benzene rings is 1. The first-order valence-corrected chi connectivity index (χ1v) is 11.4. The number of carbonyl (C=O) groups excluding carboxylic acids is 1. The van der Waals surface area contributed by atoms with E-state index in [1.807, 2.05) is 6.92 Å². The van der Waals surface area contributed by atoms with Crippen molar-refractivity contribution >= 4 is 12.1 Å². The molecule has 30 heavy (non-hydrogen) atoms. The third kappa shape index (κ3) is 6.11. The number of likely N-dealkylation sites (tertiary alicyclic amines) is 1. The molecule has 0 saturated carbocycles. The van der Waals surface area contributed by atoms with Crippen LogP contribution in [0.1, 0.15) is 44.7 Å². The van der Waals surface area contributed by atoms with Crippen molar-refractivity contribution in [2.75, 3.05) is 39.3 Å². The maximum absolute atomic E-state index is 11.9. The van der Waals surface area contributed by atoms with Gasteiger partial charge in [0.25, 0.3) is 0 Å². The lowest BCUT2D eigenvalue weighted by atomic mass is 9.99. The lowest BCUT2D eigenvalue weighted by Gasteiger charge is -2.34. The maximum atomic E-state index is 11.9. The molecule has 1 atom stereocenters. The third-order valence-electron chi connectivity index (χ3n) is 6.00. The molecule has 7 nitrogen and oxygen atoms in total. The molecule has 1 unspecified atom stereocenters. The van der Waals surface area contributed by atoms with Crippen LogP contribution < -0.4 is 10.6 Å². The van der Waals surface area contributed by atoms with E-state index in [1.165, 1.54) is 11.1 Å². The van der Waals surface area contributed by atoms with Crippen LogP contribution in [0.15, 0.2) is 29.3 Å². The van der Waals surface area contributed by atoms with Crippen LogP contribution in [-0.2, 0) is 17.7 Å². The minimum Gasteiger partial charge on any atom is -0.450 e.